The van der Waals surface area contributed by atoms with E-state index in [1.807, 2.05) is 43.3 Å². The summed E-state index contributed by atoms with van der Waals surface area (Å²) in [6.07, 6.45) is 1.70. The summed E-state index contributed by atoms with van der Waals surface area (Å²) >= 11 is 0. The van der Waals surface area contributed by atoms with Crippen molar-refractivity contribution >= 4 is 30.7 Å². The monoisotopic (exact) mass is 413 g/mol. The molecule has 0 atom stereocenters. The Morgan fingerprint density at radius 3 is 2.52 bits per heavy atom. The summed E-state index contributed by atoms with van der Waals surface area (Å²) in [5, 5.41) is 0. The summed E-state index contributed by atoms with van der Waals surface area (Å²) in [7, 11) is 1.81. The second kappa shape index (κ2) is 11.1. The molecule has 1 aromatic carbocycles. The molecule has 0 radical (unpaired) electrons. The van der Waals surface area contributed by atoms with Crippen LogP contribution in [0.15, 0.2) is 42.6 Å². The standard InChI is InChI=1S/C20H27N3O2.2ClH/c1-15-8-9-18(11-22-15)25-12-16-6-5-7-17(10-16)19(24)23(4)14-20(2,3)13-21;;/h5-11H,12-14,21H2,1-4H3;2*1H. The van der Waals surface area contributed by atoms with E-state index in [0.717, 1.165) is 11.3 Å². The second-order valence-electron chi connectivity index (χ2n) is 7.15. The Balaban J connectivity index is 0.00000338. The Hall–Kier alpha value is -1.82. The van der Waals surface area contributed by atoms with Crippen LogP contribution in [0.5, 0.6) is 5.75 Å². The van der Waals surface area contributed by atoms with Crippen LogP contribution in [-0.2, 0) is 6.61 Å². The van der Waals surface area contributed by atoms with Gasteiger partial charge < -0.3 is 15.4 Å². The zero-order valence-corrected chi connectivity index (χ0v) is 17.9. The zero-order valence-electron chi connectivity index (χ0n) is 16.3. The molecule has 150 valence electrons. The highest BCUT2D eigenvalue weighted by atomic mass is 35.5. The molecule has 0 fully saturated rings. The van der Waals surface area contributed by atoms with Crippen LogP contribution in [-0.4, -0.2) is 35.9 Å². The minimum absolute atomic E-state index is 0. The molecule has 0 aliphatic carbocycles. The molecule has 2 N–H and O–H groups in total. The van der Waals surface area contributed by atoms with Crippen molar-refractivity contribution in [2.45, 2.75) is 27.4 Å². The Kier molecular flexibility index (Phi) is 10.4. The van der Waals surface area contributed by atoms with Gasteiger partial charge in [-0.25, -0.2) is 0 Å². The molecule has 0 aliphatic rings. The number of hydrogen-bond donors (Lipinski definition) is 1. The van der Waals surface area contributed by atoms with Crippen LogP contribution in [0, 0.1) is 12.3 Å². The van der Waals surface area contributed by atoms with E-state index in [4.69, 9.17) is 10.5 Å². The second-order valence-corrected chi connectivity index (χ2v) is 7.15. The first-order valence-corrected chi connectivity index (χ1v) is 8.41. The fraction of sp³-hybridized carbons (Fsp3) is 0.400. The third-order valence-corrected chi connectivity index (χ3v) is 4.03. The lowest BCUT2D eigenvalue weighted by Crippen LogP contribution is -2.39. The van der Waals surface area contributed by atoms with Gasteiger partial charge in [-0.1, -0.05) is 26.0 Å². The number of aromatic nitrogens is 1. The maximum absolute atomic E-state index is 12.6. The van der Waals surface area contributed by atoms with Crippen molar-refractivity contribution in [3.8, 4) is 5.75 Å². The molecule has 1 aromatic heterocycles. The number of rotatable bonds is 7. The minimum atomic E-state index is -0.108. The van der Waals surface area contributed by atoms with E-state index in [1.165, 1.54) is 0 Å². The van der Waals surface area contributed by atoms with Crippen LogP contribution in [0.1, 0.15) is 35.5 Å². The molecule has 0 bridgehead atoms. The van der Waals surface area contributed by atoms with Crippen molar-refractivity contribution in [2.24, 2.45) is 11.1 Å². The van der Waals surface area contributed by atoms with E-state index in [1.54, 1.807) is 18.1 Å². The highest BCUT2D eigenvalue weighted by Gasteiger charge is 2.22. The number of nitrogens with zero attached hydrogens (tertiary/aromatic N) is 2. The average molecular weight is 414 g/mol. The fourth-order valence-corrected chi connectivity index (χ4v) is 2.50. The van der Waals surface area contributed by atoms with Gasteiger partial charge in [0.1, 0.15) is 12.4 Å². The minimum Gasteiger partial charge on any atom is -0.487 e. The topological polar surface area (TPSA) is 68.5 Å². The summed E-state index contributed by atoms with van der Waals surface area (Å²) in [6, 6.07) is 11.3. The maximum atomic E-state index is 12.6. The maximum Gasteiger partial charge on any atom is 0.253 e. The molecule has 5 nitrogen and oxygen atoms in total. The van der Waals surface area contributed by atoms with Crippen molar-refractivity contribution in [3.63, 3.8) is 0 Å². The number of nitrogens with two attached hydrogens (primary N) is 1. The Labute approximate surface area is 174 Å². The van der Waals surface area contributed by atoms with Gasteiger partial charge in [-0.05, 0) is 48.7 Å². The molecule has 2 rings (SSSR count). The van der Waals surface area contributed by atoms with E-state index < -0.39 is 0 Å². The highest BCUT2D eigenvalue weighted by molar-refractivity contribution is 5.94. The van der Waals surface area contributed by atoms with Crippen LogP contribution in [0.3, 0.4) is 0 Å². The van der Waals surface area contributed by atoms with Gasteiger partial charge in [0.05, 0.1) is 6.20 Å². The number of halogens is 2. The molecular weight excluding hydrogens is 385 g/mol. The number of amides is 1. The van der Waals surface area contributed by atoms with E-state index >= 15 is 0 Å². The SMILES string of the molecule is Cc1ccc(OCc2cccc(C(=O)N(C)CC(C)(C)CN)c2)cn1.Cl.Cl. The van der Waals surface area contributed by atoms with Crippen molar-refractivity contribution in [1.82, 2.24) is 9.88 Å². The normalized spacial score (nSPS) is 10.4. The Morgan fingerprint density at radius 2 is 1.93 bits per heavy atom. The van der Waals surface area contributed by atoms with Crippen molar-refractivity contribution in [3.05, 3.63) is 59.4 Å². The van der Waals surface area contributed by atoms with Crippen molar-refractivity contribution < 1.29 is 9.53 Å². The first-order valence-electron chi connectivity index (χ1n) is 8.41. The first kappa shape index (κ1) is 25.2. The van der Waals surface area contributed by atoms with Crippen LogP contribution < -0.4 is 10.5 Å². The van der Waals surface area contributed by atoms with Gasteiger partial charge >= 0.3 is 0 Å². The molecular formula is C20H29Cl2N3O2. The number of carbonyl (C=O) groups excluding carboxylic acids is 1. The summed E-state index contributed by atoms with van der Waals surface area (Å²) in [4.78, 5) is 18.6. The predicted octanol–water partition coefficient (Wildman–Crippen LogP) is 3.87. The summed E-state index contributed by atoms with van der Waals surface area (Å²) in [5.41, 5.74) is 8.20. The Morgan fingerprint density at radius 1 is 1.22 bits per heavy atom. The van der Waals surface area contributed by atoms with Gasteiger partial charge in [0.25, 0.3) is 5.91 Å². The number of ether oxygens (including phenoxy) is 1. The van der Waals surface area contributed by atoms with E-state index in [0.29, 0.717) is 31.0 Å². The molecule has 27 heavy (non-hydrogen) atoms. The number of pyridine rings is 1. The van der Waals surface area contributed by atoms with Gasteiger partial charge in [0.2, 0.25) is 0 Å². The number of aryl methyl sites for hydroxylation is 1. The lowest BCUT2D eigenvalue weighted by molar-refractivity contribution is 0.0740. The van der Waals surface area contributed by atoms with Crippen LogP contribution in [0.4, 0.5) is 0 Å². The van der Waals surface area contributed by atoms with Gasteiger partial charge in [-0.2, -0.15) is 0 Å². The molecule has 0 unspecified atom stereocenters. The fourth-order valence-electron chi connectivity index (χ4n) is 2.50. The quantitative estimate of drug-likeness (QED) is 0.747. The number of benzene rings is 1. The van der Waals surface area contributed by atoms with Gasteiger partial charge in [-0.3, -0.25) is 9.78 Å². The molecule has 7 heteroatoms. The van der Waals surface area contributed by atoms with E-state index in [9.17, 15) is 4.79 Å². The third kappa shape index (κ3) is 7.75. The lowest BCUT2D eigenvalue weighted by Gasteiger charge is -2.29. The van der Waals surface area contributed by atoms with Gasteiger partial charge in [0, 0.05) is 24.8 Å². The summed E-state index contributed by atoms with van der Waals surface area (Å²) < 4.78 is 5.74. The average Bonchev–Trinajstić information content (AvgIpc) is 2.60. The molecule has 0 saturated carbocycles. The number of carbonyl (C=O) groups is 1. The van der Waals surface area contributed by atoms with Crippen molar-refractivity contribution in [2.75, 3.05) is 20.1 Å². The summed E-state index contributed by atoms with van der Waals surface area (Å²) in [6.45, 7) is 7.57. The molecule has 2 aromatic rings. The lowest BCUT2D eigenvalue weighted by atomic mass is 9.93. The largest absolute Gasteiger partial charge is 0.487 e. The molecule has 0 aliphatic heterocycles. The van der Waals surface area contributed by atoms with E-state index in [-0.39, 0.29) is 36.1 Å². The van der Waals surface area contributed by atoms with E-state index in [2.05, 4.69) is 18.8 Å². The third-order valence-electron chi connectivity index (χ3n) is 4.03. The molecule has 0 spiro atoms. The summed E-state index contributed by atoms with van der Waals surface area (Å²) in [5.74, 6) is 0.699. The first-order chi connectivity index (χ1) is 11.8. The zero-order chi connectivity index (χ0) is 18.4. The smallest absolute Gasteiger partial charge is 0.253 e. The van der Waals surface area contributed by atoms with Gasteiger partial charge in [0.15, 0.2) is 0 Å². The molecule has 0 saturated heterocycles. The van der Waals surface area contributed by atoms with Crippen molar-refractivity contribution in [1.29, 1.82) is 0 Å². The van der Waals surface area contributed by atoms with Gasteiger partial charge in [-0.15, -0.1) is 24.8 Å². The predicted molar refractivity (Wildman–Crippen MR) is 114 cm³/mol. The number of hydrogen-bond acceptors (Lipinski definition) is 4. The highest BCUT2D eigenvalue weighted by Crippen LogP contribution is 2.17. The Bertz CT molecular complexity index is 721. The van der Waals surface area contributed by atoms with Crippen LogP contribution in [0.25, 0.3) is 0 Å². The molecule has 1 heterocycles. The van der Waals surface area contributed by atoms with Crippen LogP contribution in [0.2, 0.25) is 0 Å². The van der Waals surface area contributed by atoms with Crippen LogP contribution >= 0.6 is 24.8 Å². The molecule has 1 amide bonds.